The van der Waals surface area contributed by atoms with E-state index in [4.69, 9.17) is 21.1 Å². The average molecular weight is 819 g/mol. The van der Waals surface area contributed by atoms with Gasteiger partial charge in [-0.2, -0.15) is 0 Å². The van der Waals surface area contributed by atoms with Crippen LogP contribution in [0.5, 0.6) is 11.5 Å². The fourth-order valence-electron chi connectivity index (χ4n) is 8.38. The number of allylic oxidation sites excluding steroid dienone is 3. The third kappa shape index (κ3) is 9.94. The normalized spacial score (nSPS) is 14.4. The quantitative estimate of drug-likeness (QED) is 0.0340. The van der Waals surface area contributed by atoms with Crippen LogP contribution in [-0.2, 0) is 5.41 Å². The number of nitrogens with zero attached hydrogens (tertiary/aromatic N) is 5. The van der Waals surface area contributed by atoms with Crippen LogP contribution in [0.4, 0.5) is 11.4 Å². The molecule has 6 rings (SSSR count). The molecular formula is C48H59ClN6O4. The van der Waals surface area contributed by atoms with Crippen molar-refractivity contribution < 1.29 is 14.4 Å². The van der Waals surface area contributed by atoms with Gasteiger partial charge in [0.15, 0.2) is 11.5 Å². The summed E-state index contributed by atoms with van der Waals surface area (Å²) in [6, 6.07) is 18.3. The lowest BCUT2D eigenvalue weighted by Gasteiger charge is -2.30. The summed E-state index contributed by atoms with van der Waals surface area (Å²) in [7, 11) is 3.33. The SMILES string of the molecule is CCCCCCCCC(CCCCCC)CN1C(=CC=C=Cc2c(-c3ccc([N+](=O)[O-])cc3)[nH]n3c(-c4cc(Cl)ccc4OC)nnc23)C(C)(C)c2cc(OC)ccc21. The second kappa shape index (κ2) is 20.1. The molecule has 1 unspecified atom stereocenters. The lowest BCUT2D eigenvalue weighted by atomic mass is 9.83. The lowest BCUT2D eigenvalue weighted by molar-refractivity contribution is -0.384. The zero-order chi connectivity index (χ0) is 41.9. The summed E-state index contributed by atoms with van der Waals surface area (Å²) in [5, 5.41) is 24.6. The summed E-state index contributed by atoms with van der Waals surface area (Å²) in [6.45, 7) is 10.1. The van der Waals surface area contributed by atoms with E-state index in [2.05, 4.69) is 77.9 Å². The molecule has 5 aromatic rings. The number of rotatable bonds is 21. The number of hydrogen-bond acceptors (Lipinski definition) is 7. The molecule has 59 heavy (non-hydrogen) atoms. The first-order valence-electron chi connectivity index (χ1n) is 21.3. The van der Waals surface area contributed by atoms with E-state index in [1.807, 2.05) is 12.2 Å². The highest BCUT2D eigenvalue weighted by Gasteiger charge is 2.40. The first kappa shape index (κ1) is 43.3. The molecule has 1 aliphatic rings. The summed E-state index contributed by atoms with van der Waals surface area (Å²) < 4.78 is 13.2. The topological polar surface area (TPSA) is 111 Å². The number of halogens is 1. The van der Waals surface area contributed by atoms with Crippen molar-refractivity contribution in [2.45, 2.75) is 110 Å². The van der Waals surface area contributed by atoms with Gasteiger partial charge in [-0.3, -0.25) is 15.2 Å². The van der Waals surface area contributed by atoms with E-state index >= 15 is 0 Å². The molecule has 0 aliphatic carbocycles. The molecule has 2 aromatic heterocycles. The number of nitrogens with one attached hydrogen (secondary N) is 1. The van der Waals surface area contributed by atoms with Crippen LogP contribution in [0.1, 0.15) is 116 Å². The maximum atomic E-state index is 11.5. The van der Waals surface area contributed by atoms with Gasteiger partial charge in [-0.1, -0.05) is 104 Å². The molecular weight excluding hydrogens is 760 g/mol. The second-order valence-electron chi connectivity index (χ2n) is 16.2. The molecule has 1 N–H and O–H groups in total. The van der Waals surface area contributed by atoms with E-state index in [1.165, 1.54) is 106 Å². The number of unbranched alkanes of at least 4 members (excludes halogenated alkanes) is 8. The van der Waals surface area contributed by atoms with Crippen LogP contribution in [0, 0.1) is 16.0 Å². The minimum Gasteiger partial charge on any atom is -0.497 e. The Hall–Kier alpha value is -5.31. The number of aromatic nitrogens is 4. The summed E-state index contributed by atoms with van der Waals surface area (Å²) in [4.78, 5) is 13.6. The molecule has 3 heterocycles. The van der Waals surface area contributed by atoms with Crippen molar-refractivity contribution in [3.05, 3.63) is 111 Å². The first-order chi connectivity index (χ1) is 28.6. The number of nitro benzene ring substituents is 1. The monoisotopic (exact) mass is 818 g/mol. The summed E-state index contributed by atoms with van der Waals surface area (Å²) in [6.07, 6.45) is 21.4. The van der Waals surface area contributed by atoms with Gasteiger partial charge in [0.1, 0.15) is 11.5 Å². The number of H-pyrrole nitrogens is 1. The number of fused-ring (bicyclic) bond motifs is 2. The van der Waals surface area contributed by atoms with E-state index in [1.54, 1.807) is 49.1 Å². The highest BCUT2D eigenvalue weighted by molar-refractivity contribution is 6.31. The zero-order valence-corrected chi connectivity index (χ0v) is 36.3. The van der Waals surface area contributed by atoms with Gasteiger partial charge in [-0.25, -0.2) is 4.52 Å². The summed E-state index contributed by atoms with van der Waals surface area (Å²) in [5.74, 6) is 2.55. The maximum absolute atomic E-state index is 11.5. The number of aromatic amines is 1. The van der Waals surface area contributed by atoms with Crippen LogP contribution in [0.2, 0.25) is 5.02 Å². The maximum Gasteiger partial charge on any atom is 0.269 e. The minimum atomic E-state index is -0.402. The van der Waals surface area contributed by atoms with E-state index in [-0.39, 0.29) is 11.1 Å². The van der Waals surface area contributed by atoms with Crippen LogP contribution < -0.4 is 14.4 Å². The fraction of sp³-hybridized carbons (Fsp3) is 0.438. The molecule has 11 heteroatoms. The van der Waals surface area contributed by atoms with Crippen LogP contribution >= 0.6 is 11.6 Å². The van der Waals surface area contributed by atoms with Crippen LogP contribution in [-0.4, -0.2) is 45.5 Å². The standard InChI is InChI=1S/C48H59ClN6O4/c1-7-9-11-13-14-16-20-34(19-15-12-10-8-2)33-53-42-29-28-38(58-5)32-41(42)48(3,4)44(53)22-18-17-21-39-45(35-23-26-37(27-24-35)55(56)57)52-54-46(39)50-51-47(54)40-31-36(49)25-30-43(40)59-6/h18,21-32,34,52H,7-16,19-20,33H2,1-6H3. The van der Waals surface area contributed by atoms with Gasteiger partial charge >= 0.3 is 0 Å². The molecule has 0 spiro atoms. The Morgan fingerprint density at radius 2 is 1.59 bits per heavy atom. The molecule has 0 amide bonds. The smallest absolute Gasteiger partial charge is 0.269 e. The highest BCUT2D eigenvalue weighted by Crippen LogP contribution is 2.49. The Balaban J connectivity index is 1.39. The third-order valence-electron chi connectivity index (χ3n) is 11.7. The average Bonchev–Trinajstić information content (AvgIpc) is 3.87. The van der Waals surface area contributed by atoms with Gasteiger partial charge in [0.2, 0.25) is 0 Å². The van der Waals surface area contributed by atoms with Crippen LogP contribution in [0.25, 0.3) is 34.4 Å². The summed E-state index contributed by atoms with van der Waals surface area (Å²) >= 11 is 6.42. The Morgan fingerprint density at radius 1 is 0.898 bits per heavy atom. The van der Waals surface area contributed by atoms with Crippen molar-refractivity contribution in [2.24, 2.45) is 5.92 Å². The number of anilines is 1. The predicted molar refractivity (Wildman–Crippen MR) is 241 cm³/mol. The molecule has 312 valence electrons. The minimum absolute atomic E-state index is 0.0113. The van der Waals surface area contributed by atoms with Crippen molar-refractivity contribution in [3.63, 3.8) is 0 Å². The van der Waals surface area contributed by atoms with Gasteiger partial charge in [0.25, 0.3) is 5.69 Å². The highest BCUT2D eigenvalue weighted by atomic mass is 35.5. The molecule has 0 bridgehead atoms. The molecule has 3 aromatic carbocycles. The van der Waals surface area contributed by atoms with Gasteiger partial charge in [-0.05, 0) is 91.1 Å². The third-order valence-corrected chi connectivity index (χ3v) is 11.9. The van der Waals surface area contributed by atoms with E-state index in [0.29, 0.717) is 39.4 Å². The molecule has 10 nitrogen and oxygen atoms in total. The number of benzene rings is 3. The number of methoxy groups -OCH3 is 2. The van der Waals surface area contributed by atoms with Gasteiger partial charge < -0.3 is 14.4 Å². The number of ether oxygens (including phenoxy) is 2. The van der Waals surface area contributed by atoms with E-state index in [0.717, 1.165) is 23.4 Å². The van der Waals surface area contributed by atoms with Crippen LogP contribution in [0.3, 0.4) is 0 Å². The van der Waals surface area contributed by atoms with Crippen molar-refractivity contribution in [1.82, 2.24) is 19.8 Å². The van der Waals surface area contributed by atoms with Crippen molar-refractivity contribution in [3.8, 4) is 34.1 Å². The van der Waals surface area contributed by atoms with Crippen LogP contribution in [0.15, 0.2) is 84.2 Å². The fourth-order valence-corrected chi connectivity index (χ4v) is 8.55. The van der Waals surface area contributed by atoms with E-state index < -0.39 is 4.92 Å². The summed E-state index contributed by atoms with van der Waals surface area (Å²) in [5.41, 5.74) is 10.3. The lowest BCUT2D eigenvalue weighted by Crippen LogP contribution is -2.31. The second-order valence-corrected chi connectivity index (χ2v) is 16.6. The molecule has 0 saturated heterocycles. The number of hydrogen-bond donors (Lipinski definition) is 1. The van der Waals surface area contributed by atoms with Crippen molar-refractivity contribution in [2.75, 3.05) is 25.7 Å². The number of non-ortho nitro benzene ring substituents is 1. The van der Waals surface area contributed by atoms with Gasteiger partial charge in [0, 0.05) is 46.1 Å². The molecule has 0 radical (unpaired) electrons. The van der Waals surface area contributed by atoms with Gasteiger partial charge in [-0.15, -0.1) is 15.9 Å². The Labute approximate surface area is 354 Å². The van der Waals surface area contributed by atoms with E-state index in [9.17, 15) is 10.1 Å². The van der Waals surface area contributed by atoms with Crippen molar-refractivity contribution >= 4 is 34.7 Å². The zero-order valence-electron chi connectivity index (χ0n) is 35.5. The Bertz CT molecular complexity index is 2300. The molecule has 1 atom stereocenters. The molecule has 1 aliphatic heterocycles. The van der Waals surface area contributed by atoms with Gasteiger partial charge in [0.05, 0.1) is 36.0 Å². The predicted octanol–water partition coefficient (Wildman–Crippen LogP) is 13.2. The number of nitro groups is 1. The van der Waals surface area contributed by atoms with Crippen molar-refractivity contribution in [1.29, 1.82) is 0 Å². The Morgan fingerprint density at radius 3 is 2.27 bits per heavy atom. The molecule has 0 fully saturated rings. The Kier molecular flexibility index (Phi) is 14.7. The first-order valence-corrected chi connectivity index (χ1v) is 21.6. The molecule has 0 saturated carbocycles. The largest absolute Gasteiger partial charge is 0.497 e.